The first-order valence-corrected chi connectivity index (χ1v) is 10.6. The van der Waals surface area contributed by atoms with E-state index in [9.17, 15) is 27.2 Å². The molecular formula is C24H23F4N3O2. The highest BCUT2D eigenvalue weighted by Crippen LogP contribution is 2.33. The van der Waals surface area contributed by atoms with Gasteiger partial charge < -0.3 is 15.2 Å². The van der Waals surface area contributed by atoms with E-state index in [1.54, 1.807) is 16.7 Å². The number of carbonyl (C=O) groups excluding carboxylic acids is 2. The lowest BCUT2D eigenvalue weighted by Gasteiger charge is -2.29. The van der Waals surface area contributed by atoms with Gasteiger partial charge in [0.1, 0.15) is 11.6 Å². The second kappa shape index (κ2) is 8.88. The van der Waals surface area contributed by atoms with Gasteiger partial charge in [-0.3, -0.25) is 9.59 Å². The van der Waals surface area contributed by atoms with Crippen LogP contribution in [0, 0.1) is 11.6 Å². The molecule has 0 bridgehead atoms. The number of nitrogens with zero attached hydrogens (tertiary/aromatic N) is 1. The number of carbonyl (C=O) groups is 2. The predicted molar refractivity (Wildman–Crippen MR) is 115 cm³/mol. The minimum atomic E-state index is -2.83. The largest absolute Gasteiger partial charge is 0.355 e. The molecule has 2 N–H and O–H groups in total. The van der Waals surface area contributed by atoms with Gasteiger partial charge in [0.2, 0.25) is 5.92 Å². The molecule has 3 aromatic rings. The number of amides is 2. The Labute approximate surface area is 187 Å². The van der Waals surface area contributed by atoms with Crippen LogP contribution >= 0.6 is 0 Å². The van der Waals surface area contributed by atoms with Gasteiger partial charge in [0, 0.05) is 44.1 Å². The molecule has 0 spiro atoms. The van der Waals surface area contributed by atoms with Gasteiger partial charge >= 0.3 is 0 Å². The zero-order valence-electron chi connectivity index (χ0n) is 17.9. The Hall–Kier alpha value is -3.36. The van der Waals surface area contributed by atoms with Gasteiger partial charge in [0.15, 0.2) is 0 Å². The summed E-state index contributed by atoms with van der Waals surface area (Å²) in [6.07, 6.45) is 1.51. The predicted octanol–water partition coefficient (Wildman–Crippen LogP) is 4.64. The van der Waals surface area contributed by atoms with Crippen molar-refractivity contribution in [1.29, 1.82) is 0 Å². The first-order valence-electron chi connectivity index (χ1n) is 10.6. The minimum Gasteiger partial charge on any atom is -0.355 e. The Kier molecular flexibility index (Phi) is 6.14. The van der Waals surface area contributed by atoms with Crippen molar-refractivity contribution < 1.29 is 27.2 Å². The summed E-state index contributed by atoms with van der Waals surface area (Å²) in [6.45, 7) is 0.111. The average Bonchev–Trinajstić information content (AvgIpc) is 3.12. The van der Waals surface area contributed by atoms with Crippen LogP contribution in [0.3, 0.4) is 0 Å². The van der Waals surface area contributed by atoms with Crippen molar-refractivity contribution in [3.8, 4) is 0 Å². The van der Waals surface area contributed by atoms with E-state index in [0.29, 0.717) is 23.9 Å². The molecule has 0 aliphatic heterocycles. The summed E-state index contributed by atoms with van der Waals surface area (Å²) < 4.78 is 58.1. The lowest BCUT2D eigenvalue weighted by Crippen LogP contribution is -2.42. The van der Waals surface area contributed by atoms with Crippen LogP contribution in [0.5, 0.6) is 0 Å². The Balaban J connectivity index is 1.64. The first-order chi connectivity index (χ1) is 15.7. The quantitative estimate of drug-likeness (QED) is 0.544. The molecule has 1 aromatic heterocycles. The van der Waals surface area contributed by atoms with Crippen LogP contribution in [0.25, 0.3) is 10.9 Å². The van der Waals surface area contributed by atoms with Crippen molar-refractivity contribution in [3.63, 3.8) is 0 Å². The van der Waals surface area contributed by atoms with Crippen LogP contribution in [0.2, 0.25) is 0 Å². The average molecular weight is 461 g/mol. The molecule has 5 nitrogen and oxygen atoms in total. The molecule has 2 amide bonds. The Bertz CT molecular complexity index is 1220. The van der Waals surface area contributed by atoms with Crippen LogP contribution in [0.1, 0.15) is 52.0 Å². The second-order valence-electron chi connectivity index (χ2n) is 8.32. The summed E-state index contributed by atoms with van der Waals surface area (Å²) in [5.41, 5.74) is 0.832. The molecule has 1 unspecified atom stereocenters. The molecule has 4 rings (SSSR count). The maximum atomic E-state index is 14.7. The van der Waals surface area contributed by atoms with Crippen LogP contribution in [0.4, 0.5) is 17.6 Å². The van der Waals surface area contributed by atoms with E-state index < -0.39 is 41.8 Å². The molecule has 1 aliphatic rings. The fourth-order valence-electron chi connectivity index (χ4n) is 4.34. The van der Waals surface area contributed by atoms with Crippen molar-refractivity contribution in [1.82, 2.24) is 15.2 Å². The molecule has 9 heteroatoms. The van der Waals surface area contributed by atoms with Crippen molar-refractivity contribution in [2.75, 3.05) is 7.05 Å². The summed E-state index contributed by atoms with van der Waals surface area (Å²) in [6, 6.07) is 7.77. The number of hydrogen-bond acceptors (Lipinski definition) is 2. The Morgan fingerprint density at radius 2 is 1.88 bits per heavy atom. The molecule has 0 saturated heterocycles. The third-order valence-electron chi connectivity index (χ3n) is 5.93. The minimum absolute atomic E-state index is 0.0273. The second-order valence-corrected chi connectivity index (χ2v) is 8.32. The van der Waals surface area contributed by atoms with Gasteiger partial charge in [-0.05, 0) is 42.7 Å². The van der Waals surface area contributed by atoms with E-state index in [4.69, 9.17) is 0 Å². The van der Waals surface area contributed by atoms with E-state index >= 15 is 0 Å². The van der Waals surface area contributed by atoms with Crippen molar-refractivity contribution in [3.05, 3.63) is 70.9 Å². The summed E-state index contributed by atoms with van der Waals surface area (Å²) in [5, 5.41) is 5.05. The van der Waals surface area contributed by atoms with Gasteiger partial charge in [-0.25, -0.2) is 17.6 Å². The van der Waals surface area contributed by atoms with E-state index in [-0.39, 0.29) is 29.5 Å². The van der Waals surface area contributed by atoms with Gasteiger partial charge in [-0.1, -0.05) is 12.1 Å². The van der Waals surface area contributed by atoms with E-state index in [0.717, 1.165) is 0 Å². The fourth-order valence-corrected chi connectivity index (χ4v) is 4.34. The van der Waals surface area contributed by atoms with Crippen molar-refractivity contribution in [2.24, 2.45) is 0 Å². The number of halogens is 4. The Morgan fingerprint density at radius 1 is 1.09 bits per heavy atom. The maximum Gasteiger partial charge on any atom is 0.253 e. The zero-order valence-corrected chi connectivity index (χ0v) is 17.9. The maximum absolute atomic E-state index is 14.7. The monoisotopic (exact) mass is 461 g/mol. The fraction of sp³-hybridized carbons (Fsp3) is 0.333. The van der Waals surface area contributed by atoms with Gasteiger partial charge in [-0.2, -0.15) is 0 Å². The number of benzene rings is 2. The first kappa shape index (κ1) is 22.8. The molecule has 1 atom stereocenters. The highest BCUT2D eigenvalue weighted by molar-refractivity contribution is 6.07. The Morgan fingerprint density at radius 3 is 2.58 bits per heavy atom. The number of fused-ring (bicyclic) bond motifs is 1. The number of nitrogens with one attached hydrogen (secondary N) is 2. The summed E-state index contributed by atoms with van der Waals surface area (Å²) in [5.74, 6) is -5.34. The van der Waals surface area contributed by atoms with Crippen molar-refractivity contribution in [2.45, 2.75) is 44.2 Å². The van der Waals surface area contributed by atoms with Gasteiger partial charge in [0.25, 0.3) is 11.8 Å². The summed E-state index contributed by atoms with van der Waals surface area (Å²) in [7, 11) is 1.40. The number of rotatable bonds is 5. The molecule has 33 heavy (non-hydrogen) atoms. The van der Waals surface area contributed by atoms with Gasteiger partial charge in [0.05, 0.1) is 16.6 Å². The number of alkyl halides is 2. The molecular weight excluding hydrogens is 438 g/mol. The number of aromatic nitrogens is 1. The van der Waals surface area contributed by atoms with E-state index in [1.807, 2.05) is 0 Å². The molecule has 1 fully saturated rings. The lowest BCUT2D eigenvalue weighted by atomic mass is 9.92. The van der Waals surface area contributed by atoms with Crippen LogP contribution in [0.15, 0.2) is 42.6 Å². The van der Waals surface area contributed by atoms with Gasteiger partial charge in [-0.15, -0.1) is 0 Å². The SMILES string of the molecule is CNC(=O)c1ccc(Cn2cc(C(=O)NC3CCCC(F)(F)C3)c3c(F)cccc32)cc1F. The van der Waals surface area contributed by atoms with Crippen LogP contribution in [-0.4, -0.2) is 35.4 Å². The van der Waals surface area contributed by atoms with Crippen molar-refractivity contribution >= 4 is 22.7 Å². The third kappa shape index (κ3) is 4.72. The topological polar surface area (TPSA) is 63.1 Å². The van der Waals surface area contributed by atoms with Crippen LogP contribution in [-0.2, 0) is 6.54 Å². The number of hydrogen-bond donors (Lipinski definition) is 2. The molecule has 1 aliphatic carbocycles. The lowest BCUT2D eigenvalue weighted by molar-refractivity contribution is -0.0429. The molecule has 0 radical (unpaired) electrons. The zero-order chi connectivity index (χ0) is 23.8. The third-order valence-corrected chi connectivity index (χ3v) is 5.93. The van der Waals surface area contributed by atoms with E-state index in [2.05, 4.69) is 10.6 Å². The standard InChI is InChI=1S/C24H23F4N3O2/c1-29-22(32)16-8-7-14(10-19(16)26)12-31-13-17(21-18(25)5-2-6-20(21)31)23(33)30-15-4-3-9-24(27,28)11-15/h2,5-8,10,13,15H,3-4,9,11-12H2,1H3,(H,29,32)(H,30,33). The summed E-state index contributed by atoms with van der Waals surface area (Å²) >= 11 is 0. The highest BCUT2D eigenvalue weighted by Gasteiger charge is 2.37. The van der Waals surface area contributed by atoms with E-state index in [1.165, 1.54) is 37.5 Å². The highest BCUT2D eigenvalue weighted by atomic mass is 19.3. The molecule has 2 aromatic carbocycles. The van der Waals surface area contributed by atoms with Crippen LogP contribution < -0.4 is 10.6 Å². The molecule has 1 heterocycles. The normalized spacial score (nSPS) is 17.7. The molecule has 174 valence electrons. The summed E-state index contributed by atoms with van der Waals surface area (Å²) in [4.78, 5) is 24.6. The smallest absolute Gasteiger partial charge is 0.253 e. The molecule has 1 saturated carbocycles.